The van der Waals surface area contributed by atoms with Gasteiger partial charge in [0.25, 0.3) is 0 Å². The van der Waals surface area contributed by atoms with Crippen LogP contribution in [0.2, 0.25) is 0 Å². The van der Waals surface area contributed by atoms with Gasteiger partial charge in [0.15, 0.2) is 0 Å². The Kier molecular flexibility index (Phi) is 5.60. The molecule has 0 aliphatic carbocycles. The first-order valence-corrected chi connectivity index (χ1v) is 9.39. The summed E-state index contributed by atoms with van der Waals surface area (Å²) in [6.07, 6.45) is 2.26. The van der Waals surface area contributed by atoms with Crippen LogP contribution in [0.25, 0.3) is 0 Å². The van der Waals surface area contributed by atoms with Gasteiger partial charge in [0.05, 0.1) is 6.10 Å². The molecule has 0 saturated carbocycles. The lowest BCUT2D eigenvalue weighted by atomic mass is 9.96. The minimum absolute atomic E-state index is 0.106. The molecule has 0 amide bonds. The quantitative estimate of drug-likeness (QED) is 0.886. The first-order chi connectivity index (χ1) is 11.4. The molecule has 4 heteroatoms. The van der Waals surface area contributed by atoms with Gasteiger partial charge in [-0.05, 0) is 68.0 Å². The van der Waals surface area contributed by atoms with Gasteiger partial charge in [-0.2, -0.15) is 0 Å². The van der Waals surface area contributed by atoms with Gasteiger partial charge < -0.3 is 10.8 Å². The Balaban J connectivity index is 1.69. The molecule has 1 aromatic rings. The van der Waals surface area contributed by atoms with Crippen molar-refractivity contribution in [1.29, 1.82) is 0 Å². The van der Waals surface area contributed by atoms with E-state index < -0.39 is 0 Å². The third kappa shape index (κ3) is 4.17. The number of rotatable bonds is 4. The monoisotopic (exact) mass is 331 g/mol. The second-order valence-electron chi connectivity index (χ2n) is 8.09. The van der Waals surface area contributed by atoms with Crippen molar-refractivity contribution < 1.29 is 5.11 Å². The first kappa shape index (κ1) is 17.9. The number of benzene rings is 1. The smallest absolute Gasteiger partial charge is 0.0830 e. The van der Waals surface area contributed by atoms with E-state index in [1.807, 2.05) is 0 Å². The predicted octanol–water partition coefficient (Wildman–Crippen LogP) is 2.04. The largest absolute Gasteiger partial charge is 0.390 e. The number of nitrogens with zero attached hydrogens (tertiary/aromatic N) is 2. The second-order valence-corrected chi connectivity index (χ2v) is 8.09. The van der Waals surface area contributed by atoms with Gasteiger partial charge in [0.2, 0.25) is 0 Å². The minimum atomic E-state index is -0.384. The Hall–Kier alpha value is -0.940. The maximum absolute atomic E-state index is 9.88. The molecule has 2 aliphatic rings. The normalized spacial score (nSPS) is 27.0. The molecule has 2 unspecified atom stereocenters. The van der Waals surface area contributed by atoms with E-state index >= 15 is 0 Å². The molecular weight excluding hydrogens is 298 g/mol. The molecule has 2 atom stereocenters. The van der Waals surface area contributed by atoms with Gasteiger partial charge in [-0.3, -0.25) is 9.80 Å². The number of likely N-dealkylation sites (tertiary alicyclic amines) is 2. The summed E-state index contributed by atoms with van der Waals surface area (Å²) in [5, 5.41) is 9.88. The predicted molar refractivity (Wildman–Crippen MR) is 98.9 cm³/mol. The minimum Gasteiger partial charge on any atom is -0.390 e. The number of β-amino-alcohol motifs (C(OH)–C–C–N with tert-alkyl or cyclic N) is 1. The van der Waals surface area contributed by atoms with Crippen molar-refractivity contribution >= 4 is 0 Å². The molecule has 1 aromatic carbocycles. The van der Waals surface area contributed by atoms with Crippen molar-refractivity contribution in [3.63, 3.8) is 0 Å². The van der Waals surface area contributed by atoms with E-state index in [2.05, 4.69) is 42.7 Å². The van der Waals surface area contributed by atoms with Crippen molar-refractivity contribution in [3.8, 4) is 0 Å². The summed E-state index contributed by atoms with van der Waals surface area (Å²) < 4.78 is 0. The molecule has 134 valence electrons. The lowest BCUT2D eigenvalue weighted by Crippen LogP contribution is -2.33. The van der Waals surface area contributed by atoms with Crippen LogP contribution in [-0.4, -0.2) is 53.2 Å². The summed E-state index contributed by atoms with van der Waals surface area (Å²) in [4.78, 5) is 4.87. The standard InChI is InChI=1S/C20H33N3O/c1-14-4-6-22(7-5-14)10-17-9-18(16(3)8-15(17)2)11-23-12-19(21)20(24)13-23/h8-9,14,19-20,24H,4-7,10-13,21H2,1-3H3. The molecule has 3 N–H and O–H groups in total. The highest BCUT2D eigenvalue weighted by molar-refractivity contribution is 5.37. The zero-order valence-corrected chi connectivity index (χ0v) is 15.5. The molecule has 2 fully saturated rings. The third-order valence-electron chi connectivity index (χ3n) is 5.87. The van der Waals surface area contributed by atoms with E-state index in [-0.39, 0.29) is 12.1 Å². The van der Waals surface area contributed by atoms with Crippen LogP contribution < -0.4 is 5.73 Å². The van der Waals surface area contributed by atoms with Gasteiger partial charge >= 0.3 is 0 Å². The second kappa shape index (κ2) is 7.52. The number of piperidine rings is 1. The Morgan fingerprint density at radius 1 is 1.00 bits per heavy atom. The van der Waals surface area contributed by atoms with E-state index in [0.29, 0.717) is 6.54 Å². The number of nitrogens with two attached hydrogens (primary N) is 1. The van der Waals surface area contributed by atoms with Gasteiger partial charge in [-0.1, -0.05) is 19.1 Å². The number of hydrogen-bond donors (Lipinski definition) is 2. The highest BCUT2D eigenvalue weighted by Gasteiger charge is 2.28. The van der Waals surface area contributed by atoms with Crippen LogP contribution in [0.1, 0.15) is 42.0 Å². The fourth-order valence-corrected chi connectivity index (χ4v) is 4.01. The summed E-state index contributed by atoms with van der Waals surface area (Å²) >= 11 is 0. The van der Waals surface area contributed by atoms with Crippen molar-refractivity contribution in [2.75, 3.05) is 26.2 Å². The molecular formula is C20H33N3O. The van der Waals surface area contributed by atoms with E-state index in [0.717, 1.165) is 25.6 Å². The van der Waals surface area contributed by atoms with Crippen LogP contribution in [0.4, 0.5) is 0 Å². The molecule has 2 aliphatic heterocycles. The Bertz CT molecular complexity index is 556. The fraction of sp³-hybridized carbons (Fsp3) is 0.700. The number of aliphatic hydroxyl groups excluding tert-OH is 1. The number of aryl methyl sites for hydroxylation is 2. The maximum atomic E-state index is 9.88. The van der Waals surface area contributed by atoms with Crippen molar-refractivity contribution in [2.45, 2.75) is 58.8 Å². The average Bonchev–Trinajstić information content (AvgIpc) is 2.84. The Morgan fingerprint density at radius 2 is 1.58 bits per heavy atom. The molecule has 2 saturated heterocycles. The van der Waals surface area contributed by atoms with Gasteiger partial charge in [0, 0.05) is 32.2 Å². The summed E-state index contributed by atoms with van der Waals surface area (Å²) in [7, 11) is 0. The molecule has 0 aromatic heterocycles. The topological polar surface area (TPSA) is 52.7 Å². The molecule has 2 heterocycles. The molecule has 24 heavy (non-hydrogen) atoms. The van der Waals surface area contributed by atoms with Crippen LogP contribution in [-0.2, 0) is 13.1 Å². The van der Waals surface area contributed by atoms with Crippen molar-refractivity contribution in [3.05, 3.63) is 34.4 Å². The molecule has 4 nitrogen and oxygen atoms in total. The zero-order valence-electron chi connectivity index (χ0n) is 15.5. The molecule has 0 bridgehead atoms. The number of hydrogen-bond acceptors (Lipinski definition) is 4. The molecule has 3 rings (SSSR count). The molecule has 0 radical (unpaired) electrons. The van der Waals surface area contributed by atoms with Crippen LogP contribution in [0.3, 0.4) is 0 Å². The van der Waals surface area contributed by atoms with Crippen molar-refractivity contribution in [1.82, 2.24) is 9.80 Å². The summed E-state index contributed by atoms with van der Waals surface area (Å²) in [5.74, 6) is 0.877. The van der Waals surface area contributed by atoms with E-state index in [1.165, 1.54) is 48.2 Å². The van der Waals surface area contributed by atoms with Crippen molar-refractivity contribution in [2.24, 2.45) is 11.7 Å². The van der Waals surface area contributed by atoms with Crippen LogP contribution >= 0.6 is 0 Å². The Morgan fingerprint density at radius 3 is 2.12 bits per heavy atom. The lowest BCUT2D eigenvalue weighted by molar-refractivity contribution is 0.164. The van der Waals surface area contributed by atoms with E-state index in [9.17, 15) is 5.11 Å². The van der Waals surface area contributed by atoms with Crippen LogP contribution in [0.5, 0.6) is 0 Å². The van der Waals surface area contributed by atoms with Gasteiger partial charge in [-0.25, -0.2) is 0 Å². The lowest BCUT2D eigenvalue weighted by Gasteiger charge is -2.31. The van der Waals surface area contributed by atoms with Gasteiger partial charge in [0.1, 0.15) is 0 Å². The zero-order chi connectivity index (χ0) is 17.3. The number of aliphatic hydroxyl groups is 1. The highest BCUT2D eigenvalue weighted by Crippen LogP contribution is 2.23. The average molecular weight is 332 g/mol. The van der Waals surface area contributed by atoms with E-state index in [4.69, 9.17) is 5.73 Å². The summed E-state index contributed by atoms with van der Waals surface area (Å²) in [5.41, 5.74) is 11.5. The van der Waals surface area contributed by atoms with Crippen LogP contribution in [0.15, 0.2) is 12.1 Å². The first-order valence-electron chi connectivity index (χ1n) is 9.39. The van der Waals surface area contributed by atoms with Crippen LogP contribution in [0, 0.1) is 19.8 Å². The van der Waals surface area contributed by atoms with E-state index in [1.54, 1.807) is 0 Å². The fourth-order valence-electron chi connectivity index (χ4n) is 4.01. The third-order valence-corrected chi connectivity index (χ3v) is 5.87. The summed E-state index contributed by atoms with van der Waals surface area (Å²) in [6.45, 7) is 12.7. The SMILES string of the molecule is Cc1cc(C)c(CN2CC(N)C(O)C2)cc1CN1CCC(C)CC1. The van der Waals surface area contributed by atoms with Gasteiger partial charge in [-0.15, -0.1) is 0 Å². The Labute approximate surface area is 146 Å². The maximum Gasteiger partial charge on any atom is 0.0830 e. The highest BCUT2D eigenvalue weighted by atomic mass is 16.3. The summed E-state index contributed by atoms with van der Waals surface area (Å²) in [6, 6.07) is 4.60. The molecule has 0 spiro atoms.